The Balaban J connectivity index is 0.000000350. The van der Waals surface area contributed by atoms with E-state index in [9.17, 15) is 0 Å². The second kappa shape index (κ2) is 14.8. The first-order valence-corrected chi connectivity index (χ1v) is 15.4. The van der Waals surface area contributed by atoms with Crippen LogP contribution in [0.1, 0.15) is 112 Å². The monoisotopic (exact) mass is 640 g/mol. The Labute approximate surface area is 266 Å². The summed E-state index contributed by atoms with van der Waals surface area (Å²) in [5, 5.41) is 5.49. The zero-order valence-corrected chi connectivity index (χ0v) is 29.7. The number of benzene rings is 2. The Hall–Kier alpha value is -0.877. The van der Waals surface area contributed by atoms with Gasteiger partial charge in [-0.3, -0.25) is 6.08 Å². The van der Waals surface area contributed by atoms with Crippen LogP contribution in [0.3, 0.4) is 0 Å². The van der Waals surface area contributed by atoms with Gasteiger partial charge in [-0.1, -0.05) is 103 Å². The molecule has 3 aromatic rings. The number of allylic oxidation sites excluding steroid dienone is 4. The predicted molar refractivity (Wildman–Crippen MR) is 163 cm³/mol. The molecule has 0 saturated heterocycles. The maximum absolute atomic E-state index is 3.16. The van der Waals surface area contributed by atoms with Gasteiger partial charge in [0.25, 0.3) is 0 Å². The van der Waals surface area contributed by atoms with Gasteiger partial charge in [-0.05, 0) is 10.8 Å². The molecule has 0 bridgehead atoms. The average molecular weight is 643 g/mol. The van der Waals surface area contributed by atoms with E-state index in [-0.39, 0.29) is 35.6 Å². The molecule has 212 valence electrons. The zero-order valence-electron chi connectivity index (χ0n) is 25.7. The van der Waals surface area contributed by atoms with Gasteiger partial charge in [0.15, 0.2) is 0 Å². The minimum absolute atomic E-state index is 0. The van der Waals surface area contributed by atoms with Crippen LogP contribution in [0, 0.1) is 11.5 Å². The van der Waals surface area contributed by atoms with E-state index >= 15 is 0 Å². The third-order valence-electron chi connectivity index (χ3n) is 7.46. The Bertz CT molecular complexity index is 1210. The van der Waals surface area contributed by atoms with Crippen molar-refractivity contribution in [2.75, 3.05) is 0 Å². The van der Waals surface area contributed by atoms with Crippen LogP contribution in [0.5, 0.6) is 0 Å². The zero-order chi connectivity index (χ0) is 27.4. The maximum atomic E-state index is 3.16. The van der Waals surface area contributed by atoms with Gasteiger partial charge in [-0.15, -0.1) is 46.2 Å². The first kappa shape index (κ1) is 36.1. The molecule has 2 aliphatic carbocycles. The van der Waals surface area contributed by atoms with Crippen molar-refractivity contribution in [1.82, 2.24) is 0 Å². The molecular formula is C36H48Cl2Zr-2. The van der Waals surface area contributed by atoms with Gasteiger partial charge in [0.2, 0.25) is 0 Å². The first-order valence-electron chi connectivity index (χ1n) is 14.1. The molecule has 1 saturated carbocycles. The fourth-order valence-corrected chi connectivity index (χ4v) is 5.70. The van der Waals surface area contributed by atoms with Gasteiger partial charge in [-0.25, -0.2) is 6.08 Å². The third-order valence-corrected chi connectivity index (χ3v) is 8.69. The second-order valence-corrected chi connectivity index (χ2v) is 15.6. The molecule has 0 spiro atoms. The molecule has 3 heteroatoms. The van der Waals surface area contributed by atoms with E-state index in [4.69, 9.17) is 0 Å². The summed E-state index contributed by atoms with van der Waals surface area (Å²) in [6, 6.07) is 16.1. The Kier molecular flexibility index (Phi) is 13.8. The summed E-state index contributed by atoms with van der Waals surface area (Å²) < 4.78 is 1.80. The van der Waals surface area contributed by atoms with Crippen LogP contribution in [0.2, 0.25) is 0 Å². The van der Waals surface area contributed by atoms with E-state index in [1.165, 1.54) is 70.3 Å². The van der Waals surface area contributed by atoms with Crippen LogP contribution in [-0.2, 0) is 35.1 Å². The van der Waals surface area contributed by atoms with Crippen LogP contribution in [0.15, 0.2) is 60.2 Å². The molecule has 0 nitrogen and oxygen atoms in total. The summed E-state index contributed by atoms with van der Waals surface area (Å²) in [6.45, 7) is 20.3. The number of hydrogen-bond acceptors (Lipinski definition) is 0. The Morgan fingerprint density at radius 3 is 1.41 bits per heavy atom. The van der Waals surface area contributed by atoms with E-state index in [1.54, 1.807) is 27.4 Å². The number of rotatable bonds is 0. The van der Waals surface area contributed by atoms with Crippen LogP contribution in [0.25, 0.3) is 21.5 Å². The first-order chi connectivity index (χ1) is 17.2. The SMILES string of the molecule is CC(C)(C)C1=CC[C-]=C1.CC(C)(C)c1ccc2[cH-]c3ccc(C(C)(C)C)cc3c2c1.[Cl-].[Cl-].[Zr+2]=[C]1CCCCC1. The molecule has 5 rings (SSSR count). The number of hydrogen-bond donors (Lipinski definition) is 0. The fourth-order valence-electron chi connectivity index (χ4n) is 4.83. The van der Waals surface area contributed by atoms with E-state index in [2.05, 4.69) is 123 Å². The Morgan fingerprint density at radius 1 is 0.667 bits per heavy atom. The molecule has 0 N–H and O–H groups in total. The molecule has 1 fully saturated rings. The van der Waals surface area contributed by atoms with Gasteiger partial charge in [0, 0.05) is 0 Å². The molecule has 0 amide bonds. The summed E-state index contributed by atoms with van der Waals surface area (Å²) in [6.07, 6.45) is 15.8. The van der Waals surface area contributed by atoms with Gasteiger partial charge in [-0.2, -0.15) is 11.6 Å². The molecule has 39 heavy (non-hydrogen) atoms. The van der Waals surface area contributed by atoms with Crippen molar-refractivity contribution in [2.45, 2.75) is 112 Å². The van der Waals surface area contributed by atoms with E-state index in [1.807, 2.05) is 0 Å². The van der Waals surface area contributed by atoms with Gasteiger partial charge >= 0.3 is 59.5 Å². The van der Waals surface area contributed by atoms with Crippen molar-refractivity contribution < 1.29 is 49.0 Å². The topological polar surface area (TPSA) is 0 Å². The van der Waals surface area contributed by atoms with Crippen molar-refractivity contribution in [1.29, 1.82) is 0 Å². The minimum atomic E-state index is 0. The second-order valence-electron chi connectivity index (χ2n) is 13.9. The van der Waals surface area contributed by atoms with E-state index < -0.39 is 0 Å². The van der Waals surface area contributed by atoms with Gasteiger partial charge < -0.3 is 24.8 Å². The summed E-state index contributed by atoms with van der Waals surface area (Å²) in [4.78, 5) is 0. The fraction of sp³-hybridized carbons (Fsp3) is 0.500. The summed E-state index contributed by atoms with van der Waals surface area (Å²) in [5.41, 5.74) is 4.94. The molecule has 2 aliphatic rings. The van der Waals surface area contributed by atoms with Crippen molar-refractivity contribution in [2.24, 2.45) is 5.41 Å². The average Bonchev–Trinajstić information content (AvgIpc) is 3.47. The molecule has 0 atom stereocenters. The normalized spacial score (nSPS) is 15.5. The molecule has 0 radical (unpaired) electrons. The van der Waals surface area contributed by atoms with Crippen LogP contribution >= 0.6 is 0 Å². The molecule has 0 heterocycles. The van der Waals surface area contributed by atoms with Crippen molar-refractivity contribution in [3.05, 3.63) is 77.4 Å². The molecule has 0 aliphatic heterocycles. The van der Waals surface area contributed by atoms with Crippen LogP contribution in [-0.4, -0.2) is 3.21 Å². The molecule has 0 unspecified atom stereocenters. The standard InChI is InChI=1S/C21H25.C9H13.C6H10.2ClH.Zr/c1-20(2,3)16-9-7-14-11-15-8-10-17(21(4,5)6)13-19(15)18(14)12-16;1-9(2,3)8-6-4-5-7-8;1-2-4-6-5-3-1;;;/h7-13H,1-6H3;6-7H,4H2,1-3H3;1-5H2;2*1H;/q2*-1;;;;+2/p-2. The van der Waals surface area contributed by atoms with Gasteiger partial charge in [0.05, 0.1) is 0 Å². The van der Waals surface area contributed by atoms with Crippen molar-refractivity contribution in [3.8, 4) is 0 Å². The summed E-state index contributed by atoms with van der Waals surface area (Å²) in [7, 11) is 0. The number of halogens is 2. The third kappa shape index (κ3) is 10.5. The predicted octanol–water partition coefficient (Wildman–Crippen LogP) is 4.71. The molecule has 3 aromatic carbocycles. The van der Waals surface area contributed by atoms with Crippen molar-refractivity contribution >= 4 is 24.8 Å². The number of fused-ring (bicyclic) bond motifs is 3. The summed E-state index contributed by atoms with van der Waals surface area (Å²) >= 11 is 1.69. The van der Waals surface area contributed by atoms with E-state index in [0.717, 1.165) is 6.42 Å². The van der Waals surface area contributed by atoms with Crippen LogP contribution in [0.4, 0.5) is 0 Å². The van der Waals surface area contributed by atoms with Crippen molar-refractivity contribution in [3.63, 3.8) is 0 Å². The summed E-state index contributed by atoms with van der Waals surface area (Å²) in [5.74, 6) is 0. The van der Waals surface area contributed by atoms with Gasteiger partial charge in [0.1, 0.15) is 0 Å². The molecular weight excluding hydrogens is 595 g/mol. The quantitative estimate of drug-likeness (QED) is 0.312. The Morgan fingerprint density at radius 2 is 1.13 bits per heavy atom. The van der Waals surface area contributed by atoms with E-state index in [0.29, 0.717) is 5.41 Å². The molecule has 0 aromatic heterocycles. The van der Waals surface area contributed by atoms with Crippen LogP contribution < -0.4 is 24.8 Å².